The molecule has 0 saturated heterocycles. The minimum Gasteiger partial charge on any atom is -0.357 e. The summed E-state index contributed by atoms with van der Waals surface area (Å²) in [7, 11) is -3.25. The lowest BCUT2D eigenvalue weighted by molar-refractivity contribution is 0.583. The molecule has 2 rings (SSSR count). The molecule has 2 N–H and O–H groups in total. The average molecular weight is 410 g/mol. The highest BCUT2D eigenvalue weighted by atomic mass is 32.2. The highest BCUT2D eigenvalue weighted by Gasteiger charge is 2.11. The van der Waals surface area contributed by atoms with Crippen molar-refractivity contribution in [3.05, 3.63) is 64.7 Å². The van der Waals surface area contributed by atoms with Crippen molar-refractivity contribution < 1.29 is 17.2 Å². The third-order valence-electron chi connectivity index (χ3n) is 4.10. The molecule has 28 heavy (non-hydrogen) atoms. The zero-order chi connectivity index (χ0) is 20.7. The first-order valence-electron chi connectivity index (χ1n) is 8.96. The maximum Gasteiger partial charge on any atom is 0.191 e. The average Bonchev–Trinajstić information content (AvgIpc) is 2.61. The van der Waals surface area contributed by atoms with E-state index in [2.05, 4.69) is 15.6 Å². The van der Waals surface area contributed by atoms with E-state index in [1.54, 1.807) is 25.1 Å². The predicted molar refractivity (Wildman–Crippen MR) is 107 cm³/mol. The molecule has 0 radical (unpaired) electrons. The Morgan fingerprint density at radius 2 is 1.86 bits per heavy atom. The van der Waals surface area contributed by atoms with Gasteiger partial charge in [-0.05, 0) is 61.2 Å². The van der Waals surface area contributed by atoms with Crippen LogP contribution in [0.4, 0.5) is 8.78 Å². The lowest BCUT2D eigenvalue weighted by Crippen LogP contribution is -2.38. The smallest absolute Gasteiger partial charge is 0.191 e. The van der Waals surface area contributed by atoms with Crippen molar-refractivity contribution in [1.29, 1.82) is 0 Å². The highest BCUT2D eigenvalue weighted by Crippen LogP contribution is 2.17. The largest absolute Gasteiger partial charge is 0.357 e. The van der Waals surface area contributed by atoms with Crippen LogP contribution in [0, 0.1) is 18.6 Å². The number of nitrogens with one attached hydrogen (secondary N) is 2. The minimum absolute atomic E-state index is 0.301. The molecule has 0 unspecified atom stereocenters. The molecule has 0 aromatic heterocycles. The Bertz CT molecular complexity index is 960. The summed E-state index contributed by atoms with van der Waals surface area (Å²) in [6.07, 6.45) is 1.50. The van der Waals surface area contributed by atoms with E-state index >= 15 is 0 Å². The summed E-state index contributed by atoms with van der Waals surface area (Å²) in [6.45, 7) is 5.06. The molecule has 152 valence electrons. The molecule has 5 nitrogen and oxygen atoms in total. The Balaban J connectivity index is 2.02. The Morgan fingerprint density at radius 3 is 2.50 bits per heavy atom. The van der Waals surface area contributed by atoms with E-state index in [9.17, 15) is 17.2 Å². The van der Waals surface area contributed by atoms with Crippen LogP contribution >= 0.6 is 0 Å². The van der Waals surface area contributed by atoms with Gasteiger partial charge in [-0.1, -0.05) is 12.1 Å². The van der Waals surface area contributed by atoms with Crippen molar-refractivity contribution in [2.45, 2.75) is 31.7 Å². The molecule has 0 amide bonds. The van der Waals surface area contributed by atoms with Crippen LogP contribution in [0.25, 0.3) is 0 Å². The number of nitrogens with zero attached hydrogens (tertiary/aromatic N) is 1. The van der Waals surface area contributed by atoms with Gasteiger partial charge in [0.25, 0.3) is 0 Å². The summed E-state index contributed by atoms with van der Waals surface area (Å²) in [4.78, 5) is 4.77. The molecule has 0 saturated carbocycles. The molecule has 2 aromatic carbocycles. The van der Waals surface area contributed by atoms with E-state index in [1.807, 2.05) is 6.92 Å². The summed E-state index contributed by atoms with van der Waals surface area (Å²) in [6, 6.07) is 8.52. The van der Waals surface area contributed by atoms with E-state index < -0.39 is 21.5 Å². The van der Waals surface area contributed by atoms with Crippen LogP contribution in [0.5, 0.6) is 0 Å². The van der Waals surface area contributed by atoms with Crippen LogP contribution in [-0.2, 0) is 22.8 Å². The number of aryl methyl sites for hydroxylation is 1. The molecule has 0 aliphatic rings. The second-order valence-electron chi connectivity index (χ2n) is 6.48. The van der Waals surface area contributed by atoms with Crippen molar-refractivity contribution in [3.63, 3.8) is 0 Å². The van der Waals surface area contributed by atoms with E-state index in [-0.39, 0.29) is 0 Å². The monoisotopic (exact) mass is 409 g/mol. The Kier molecular flexibility index (Phi) is 7.51. The minimum atomic E-state index is -3.25. The number of aliphatic imine (C=N–C) groups is 1. The second kappa shape index (κ2) is 9.64. The normalized spacial score (nSPS) is 12.1. The lowest BCUT2D eigenvalue weighted by atomic mass is 10.1. The van der Waals surface area contributed by atoms with Crippen LogP contribution < -0.4 is 10.6 Å². The number of hydrogen-bond donors (Lipinski definition) is 2. The molecule has 0 aliphatic carbocycles. The summed E-state index contributed by atoms with van der Waals surface area (Å²) >= 11 is 0. The standard InChI is InChI=1S/C20H25F2N3O2S/c1-4-23-20(24-10-9-16-12-17(21)6-7-18(16)22)25-13-15-5-8-19(14(2)11-15)28(3,26)27/h5-8,11-12H,4,9-10,13H2,1-3H3,(H2,23,24,25). The van der Waals surface area contributed by atoms with Gasteiger partial charge in [-0.25, -0.2) is 22.2 Å². The maximum atomic E-state index is 13.7. The molecule has 0 bridgehead atoms. The Labute approximate surface area is 164 Å². The molecule has 8 heteroatoms. The van der Waals surface area contributed by atoms with Gasteiger partial charge in [0.05, 0.1) is 11.4 Å². The van der Waals surface area contributed by atoms with Gasteiger partial charge in [-0.3, -0.25) is 0 Å². The van der Waals surface area contributed by atoms with Crippen molar-refractivity contribution in [2.75, 3.05) is 19.3 Å². The molecule has 0 heterocycles. The maximum absolute atomic E-state index is 13.7. The van der Waals surface area contributed by atoms with Gasteiger partial charge < -0.3 is 10.6 Å². The third-order valence-corrected chi connectivity index (χ3v) is 5.35. The summed E-state index contributed by atoms with van der Waals surface area (Å²) in [5.74, 6) is -0.361. The predicted octanol–water partition coefficient (Wildman–Crippen LogP) is 2.97. The molecular formula is C20H25F2N3O2S. The van der Waals surface area contributed by atoms with Gasteiger partial charge in [-0.2, -0.15) is 0 Å². The molecule has 0 spiro atoms. The molecule has 2 aromatic rings. The first kappa shape index (κ1) is 21.8. The van der Waals surface area contributed by atoms with Crippen LogP contribution in [0.1, 0.15) is 23.6 Å². The van der Waals surface area contributed by atoms with Gasteiger partial charge >= 0.3 is 0 Å². The van der Waals surface area contributed by atoms with Crippen LogP contribution in [-0.4, -0.2) is 33.7 Å². The number of sulfone groups is 1. The van der Waals surface area contributed by atoms with Gasteiger partial charge in [0.1, 0.15) is 11.6 Å². The zero-order valence-corrected chi connectivity index (χ0v) is 17.0. The third kappa shape index (κ3) is 6.30. The van der Waals surface area contributed by atoms with E-state index in [1.165, 1.54) is 12.3 Å². The lowest BCUT2D eigenvalue weighted by Gasteiger charge is -2.12. The number of guanidine groups is 1. The van der Waals surface area contributed by atoms with Gasteiger partial charge in [0.15, 0.2) is 15.8 Å². The van der Waals surface area contributed by atoms with Crippen LogP contribution in [0.2, 0.25) is 0 Å². The van der Waals surface area contributed by atoms with Gasteiger partial charge in [0.2, 0.25) is 0 Å². The summed E-state index contributed by atoms with van der Waals surface area (Å²) < 4.78 is 50.3. The number of hydrogen-bond acceptors (Lipinski definition) is 3. The van der Waals surface area contributed by atoms with E-state index in [0.29, 0.717) is 48.0 Å². The van der Waals surface area contributed by atoms with Crippen molar-refractivity contribution in [3.8, 4) is 0 Å². The molecule has 0 atom stereocenters. The molecule has 0 fully saturated rings. The molecular weight excluding hydrogens is 384 g/mol. The van der Waals surface area contributed by atoms with Crippen molar-refractivity contribution in [1.82, 2.24) is 10.6 Å². The molecule has 0 aliphatic heterocycles. The van der Waals surface area contributed by atoms with Gasteiger partial charge in [0, 0.05) is 19.3 Å². The van der Waals surface area contributed by atoms with Crippen LogP contribution in [0.15, 0.2) is 46.3 Å². The van der Waals surface area contributed by atoms with Crippen molar-refractivity contribution >= 4 is 15.8 Å². The SMILES string of the molecule is CCNC(=NCc1ccc(S(C)(=O)=O)c(C)c1)NCCc1cc(F)ccc1F. The fourth-order valence-corrected chi connectivity index (χ4v) is 3.75. The Hall–Kier alpha value is -2.48. The first-order chi connectivity index (χ1) is 13.2. The van der Waals surface area contributed by atoms with Gasteiger partial charge in [-0.15, -0.1) is 0 Å². The quantitative estimate of drug-likeness (QED) is 0.545. The topological polar surface area (TPSA) is 70.6 Å². The number of halogens is 2. The van der Waals surface area contributed by atoms with Crippen molar-refractivity contribution in [2.24, 2.45) is 4.99 Å². The number of benzene rings is 2. The number of rotatable bonds is 7. The van der Waals surface area contributed by atoms with E-state index in [0.717, 1.165) is 17.7 Å². The fraction of sp³-hybridized carbons (Fsp3) is 0.350. The highest BCUT2D eigenvalue weighted by molar-refractivity contribution is 7.90. The summed E-state index contributed by atoms with van der Waals surface area (Å²) in [5, 5.41) is 6.18. The Morgan fingerprint density at radius 1 is 1.11 bits per heavy atom. The van der Waals surface area contributed by atoms with E-state index in [4.69, 9.17) is 0 Å². The van der Waals surface area contributed by atoms with Crippen LogP contribution in [0.3, 0.4) is 0 Å². The second-order valence-corrected chi connectivity index (χ2v) is 8.46. The zero-order valence-electron chi connectivity index (χ0n) is 16.2. The summed E-state index contributed by atoms with van der Waals surface area (Å²) in [5.41, 5.74) is 1.85. The first-order valence-corrected chi connectivity index (χ1v) is 10.9. The fourth-order valence-electron chi connectivity index (χ4n) is 2.79.